The van der Waals surface area contributed by atoms with Crippen molar-refractivity contribution in [1.29, 1.82) is 0 Å². The molecule has 14 nitrogen and oxygen atoms in total. The summed E-state index contributed by atoms with van der Waals surface area (Å²) in [5.41, 5.74) is 14.4. The van der Waals surface area contributed by atoms with Gasteiger partial charge in [0.25, 0.3) is 0 Å². The summed E-state index contributed by atoms with van der Waals surface area (Å²) in [6.07, 6.45) is 15.4. The van der Waals surface area contributed by atoms with Gasteiger partial charge in [-0.05, 0) is 49.9 Å². The summed E-state index contributed by atoms with van der Waals surface area (Å²) < 4.78 is 3.00. The molecule has 0 bridgehead atoms. The average molecular weight is 655 g/mol. The van der Waals surface area contributed by atoms with E-state index in [2.05, 4.69) is 20.6 Å². The molecule has 6 N–H and O–H groups in total. The number of carbonyl (C=O) groups excluding carboxylic acids is 4. The fourth-order valence-corrected chi connectivity index (χ4v) is 6.21. The molecular formula is C34H42N10O4. The first-order chi connectivity index (χ1) is 23.1. The number of aromatic nitrogens is 4. The van der Waals surface area contributed by atoms with E-state index in [9.17, 15) is 19.2 Å². The zero-order chi connectivity index (χ0) is 34.2. The Bertz CT molecular complexity index is 1630. The third kappa shape index (κ3) is 8.37. The van der Waals surface area contributed by atoms with Crippen molar-refractivity contribution in [2.45, 2.75) is 63.5 Å². The number of carbonyl (C=O) groups is 4. The fourth-order valence-electron chi connectivity index (χ4n) is 6.21. The summed E-state index contributed by atoms with van der Waals surface area (Å²) in [5.74, 6) is 0. The van der Waals surface area contributed by atoms with Gasteiger partial charge in [-0.3, -0.25) is 9.13 Å². The third-order valence-corrected chi connectivity index (χ3v) is 8.81. The Morgan fingerprint density at radius 1 is 0.667 bits per heavy atom. The normalized spacial score (nSPS) is 14.5. The van der Waals surface area contributed by atoms with Crippen LogP contribution in [0, 0.1) is 0 Å². The predicted octanol–water partition coefficient (Wildman–Crippen LogP) is 5.77. The average Bonchev–Trinajstić information content (AvgIpc) is 3.91. The molecule has 14 heteroatoms. The van der Waals surface area contributed by atoms with Crippen molar-refractivity contribution in [3.8, 4) is 22.5 Å². The molecule has 2 fully saturated rings. The van der Waals surface area contributed by atoms with E-state index in [1.165, 1.54) is 47.5 Å². The second kappa shape index (κ2) is 15.3. The van der Waals surface area contributed by atoms with E-state index >= 15 is 0 Å². The highest BCUT2D eigenvalue weighted by molar-refractivity contribution is 5.89. The molecule has 2 aromatic heterocycles. The van der Waals surface area contributed by atoms with Gasteiger partial charge in [-0.1, -0.05) is 49.9 Å². The van der Waals surface area contributed by atoms with Crippen LogP contribution in [0.5, 0.6) is 0 Å². The lowest BCUT2D eigenvalue weighted by molar-refractivity contribution is 0.192. The summed E-state index contributed by atoms with van der Waals surface area (Å²) in [6.45, 7) is 0. The predicted molar refractivity (Wildman–Crippen MR) is 183 cm³/mol. The molecule has 0 spiro atoms. The highest BCUT2D eigenvalue weighted by atomic mass is 16.2. The molecule has 2 aromatic carbocycles. The Hall–Kier alpha value is -5.66. The standard InChI is InChI=1S/2C17H21N5O2/c2*1-21(14-7-2-3-8-14)17(24)22-10-15(19-11-22)12-5-4-6-13(9-12)20-16(18)23/h2*4-6,9-11,14H,2-3,7-8H2,1H3,(H3,18,20,23). The van der Waals surface area contributed by atoms with Crippen LogP contribution in [0.25, 0.3) is 22.5 Å². The minimum absolute atomic E-state index is 0.0768. The van der Waals surface area contributed by atoms with Gasteiger partial charge in [-0.2, -0.15) is 0 Å². The van der Waals surface area contributed by atoms with E-state index in [-0.39, 0.29) is 12.1 Å². The third-order valence-electron chi connectivity index (χ3n) is 8.81. The molecule has 48 heavy (non-hydrogen) atoms. The first-order valence-electron chi connectivity index (χ1n) is 16.0. The van der Waals surface area contributed by atoms with Crippen molar-refractivity contribution in [1.82, 2.24) is 28.9 Å². The van der Waals surface area contributed by atoms with Crippen LogP contribution in [-0.2, 0) is 0 Å². The van der Waals surface area contributed by atoms with E-state index in [1.54, 1.807) is 58.6 Å². The summed E-state index contributed by atoms with van der Waals surface area (Å²) in [5, 5.41) is 5.06. The van der Waals surface area contributed by atoms with Crippen LogP contribution >= 0.6 is 0 Å². The largest absolute Gasteiger partial charge is 0.351 e. The molecule has 0 atom stereocenters. The molecule has 6 rings (SSSR count). The number of urea groups is 2. The van der Waals surface area contributed by atoms with Gasteiger partial charge in [0.2, 0.25) is 0 Å². The Kier molecular flexibility index (Phi) is 10.7. The molecule has 0 radical (unpaired) electrons. The number of nitrogens with zero attached hydrogens (tertiary/aromatic N) is 6. The minimum atomic E-state index is -0.619. The number of primary amides is 2. The number of amides is 6. The Labute approximate surface area is 279 Å². The highest BCUT2D eigenvalue weighted by Crippen LogP contribution is 2.26. The van der Waals surface area contributed by atoms with Crippen molar-refractivity contribution < 1.29 is 19.2 Å². The quantitative estimate of drug-likeness (QED) is 0.204. The van der Waals surface area contributed by atoms with Crippen LogP contribution in [0.4, 0.5) is 30.6 Å². The number of nitrogens with two attached hydrogens (primary N) is 2. The van der Waals surface area contributed by atoms with Crippen LogP contribution in [0.2, 0.25) is 0 Å². The molecule has 0 aliphatic heterocycles. The number of imidazole rings is 2. The molecule has 0 unspecified atom stereocenters. The Balaban J connectivity index is 0.000000188. The van der Waals surface area contributed by atoms with Crippen LogP contribution in [0.1, 0.15) is 51.4 Å². The van der Waals surface area contributed by atoms with Crippen LogP contribution < -0.4 is 22.1 Å². The second-order valence-corrected chi connectivity index (χ2v) is 12.1. The lowest BCUT2D eigenvalue weighted by atomic mass is 10.1. The van der Waals surface area contributed by atoms with Gasteiger partial charge in [0, 0.05) is 61.1 Å². The Morgan fingerprint density at radius 3 is 1.40 bits per heavy atom. The summed E-state index contributed by atoms with van der Waals surface area (Å²) >= 11 is 0. The molecule has 252 valence electrons. The fraction of sp³-hybridized carbons (Fsp3) is 0.353. The smallest absolute Gasteiger partial charge is 0.329 e. The maximum atomic E-state index is 12.6. The van der Waals surface area contributed by atoms with Crippen molar-refractivity contribution in [3.63, 3.8) is 0 Å². The number of benzene rings is 2. The lowest BCUT2D eigenvalue weighted by Crippen LogP contribution is -2.37. The molecule has 0 saturated heterocycles. The van der Waals surface area contributed by atoms with Crippen molar-refractivity contribution in [2.24, 2.45) is 11.5 Å². The molecule has 6 amide bonds. The number of hydrogen-bond donors (Lipinski definition) is 4. The monoisotopic (exact) mass is 654 g/mol. The molecule has 4 aromatic rings. The van der Waals surface area contributed by atoms with Gasteiger partial charge >= 0.3 is 24.1 Å². The van der Waals surface area contributed by atoms with Gasteiger partial charge < -0.3 is 31.9 Å². The molecule has 2 heterocycles. The van der Waals surface area contributed by atoms with E-state index < -0.39 is 12.1 Å². The molecule has 2 aliphatic rings. The summed E-state index contributed by atoms with van der Waals surface area (Å²) in [6, 6.07) is 13.6. The zero-order valence-electron chi connectivity index (χ0n) is 27.2. The second-order valence-electron chi connectivity index (χ2n) is 12.1. The molecule has 2 saturated carbocycles. The zero-order valence-corrected chi connectivity index (χ0v) is 27.2. The van der Waals surface area contributed by atoms with Gasteiger partial charge in [-0.25, -0.2) is 29.1 Å². The van der Waals surface area contributed by atoms with Crippen LogP contribution in [0.3, 0.4) is 0 Å². The maximum absolute atomic E-state index is 12.6. The Morgan fingerprint density at radius 2 is 1.04 bits per heavy atom. The first-order valence-corrected chi connectivity index (χ1v) is 16.0. The minimum Gasteiger partial charge on any atom is -0.351 e. The summed E-state index contributed by atoms with van der Waals surface area (Å²) in [4.78, 5) is 59.2. The molecular weight excluding hydrogens is 612 g/mol. The van der Waals surface area contributed by atoms with Gasteiger partial charge in [0.1, 0.15) is 12.7 Å². The van der Waals surface area contributed by atoms with Crippen molar-refractivity contribution >= 4 is 35.5 Å². The van der Waals surface area contributed by atoms with E-state index in [4.69, 9.17) is 11.5 Å². The van der Waals surface area contributed by atoms with E-state index in [0.29, 0.717) is 34.8 Å². The first kappa shape index (κ1) is 33.7. The van der Waals surface area contributed by atoms with Gasteiger partial charge in [0.15, 0.2) is 0 Å². The van der Waals surface area contributed by atoms with Crippen LogP contribution in [0.15, 0.2) is 73.6 Å². The molecule has 2 aliphatic carbocycles. The number of rotatable bonds is 6. The van der Waals surface area contributed by atoms with E-state index in [1.807, 2.05) is 26.2 Å². The van der Waals surface area contributed by atoms with E-state index in [0.717, 1.165) is 36.8 Å². The van der Waals surface area contributed by atoms with Crippen LogP contribution in [-0.4, -0.2) is 79.2 Å². The topological polar surface area (TPSA) is 186 Å². The summed E-state index contributed by atoms with van der Waals surface area (Å²) in [7, 11) is 3.69. The van der Waals surface area contributed by atoms with Gasteiger partial charge in [0.05, 0.1) is 11.4 Å². The number of anilines is 2. The highest BCUT2D eigenvalue weighted by Gasteiger charge is 2.25. The number of hydrogen-bond acceptors (Lipinski definition) is 6. The van der Waals surface area contributed by atoms with Crippen molar-refractivity contribution in [2.75, 3.05) is 24.7 Å². The SMILES string of the molecule is CN(C(=O)n1cnc(-c2cccc(NC(N)=O)c2)c1)C1CCCC1.CN(C(=O)n1cnc(-c2cccc(NC(N)=O)c2)c1)C1CCCC1. The number of nitrogens with one attached hydrogen (secondary N) is 2. The maximum Gasteiger partial charge on any atom is 0.329 e. The van der Waals surface area contributed by atoms with Crippen molar-refractivity contribution in [3.05, 3.63) is 73.6 Å². The lowest BCUT2D eigenvalue weighted by Gasteiger charge is -2.23. The van der Waals surface area contributed by atoms with Gasteiger partial charge in [-0.15, -0.1) is 0 Å².